The molecular weight excluding hydrogens is 344 g/mol. The van der Waals surface area contributed by atoms with Gasteiger partial charge in [0.2, 0.25) is 5.91 Å². The summed E-state index contributed by atoms with van der Waals surface area (Å²) in [5.74, 6) is -0.538. The molecule has 3 aromatic rings. The maximum atomic E-state index is 13.1. The first-order valence-electron chi connectivity index (χ1n) is 8.36. The Morgan fingerprint density at radius 3 is 2.54 bits per heavy atom. The van der Waals surface area contributed by atoms with Crippen LogP contribution in [0.1, 0.15) is 6.92 Å². The summed E-state index contributed by atoms with van der Waals surface area (Å²) < 4.78 is -1.22. The number of hydrogen-bond acceptors (Lipinski definition) is 3. The van der Waals surface area contributed by atoms with Crippen LogP contribution in [0.5, 0.6) is 0 Å². The fourth-order valence-corrected chi connectivity index (χ4v) is 4.50. The van der Waals surface area contributed by atoms with E-state index in [1.807, 2.05) is 66.7 Å². The van der Waals surface area contributed by atoms with E-state index in [0.717, 1.165) is 21.4 Å². The number of nitrogens with zero attached hydrogens (tertiary/aromatic N) is 1. The van der Waals surface area contributed by atoms with Gasteiger partial charge < -0.3 is 10.2 Å². The van der Waals surface area contributed by atoms with E-state index < -0.39 is 4.75 Å². The van der Waals surface area contributed by atoms with Gasteiger partial charge in [0.15, 0.2) is 4.75 Å². The molecular formula is C21H18N2O2S. The molecule has 1 aliphatic heterocycles. The summed E-state index contributed by atoms with van der Waals surface area (Å²) in [4.78, 5) is 28.6. The number of nitrogens with one attached hydrogen (secondary N) is 1. The molecule has 1 heterocycles. The summed E-state index contributed by atoms with van der Waals surface area (Å²) in [6.45, 7) is 1.69. The zero-order valence-corrected chi connectivity index (χ0v) is 15.3. The van der Waals surface area contributed by atoms with E-state index in [-0.39, 0.29) is 11.8 Å². The first-order chi connectivity index (χ1) is 12.5. The van der Waals surface area contributed by atoms with Crippen LogP contribution in [0.25, 0.3) is 10.8 Å². The third kappa shape index (κ3) is 2.56. The fraction of sp³-hybridized carbons (Fsp3) is 0.143. The van der Waals surface area contributed by atoms with Crippen molar-refractivity contribution in [3.63, 3.8) is 0 Å². The van der Waals surface area contributed by atoms with Gasteiger partial charge in [-0.05, 0) is 30.5 Å². The summed E-state index contributed by atoms with van der Waals surface area (Å²) in [7, 11) is 1.71. The van der Waals surface area contributed by atoms with E-state index in [1.165, 1.54) is 11.8 Å². The highest BCUT2D eigenvalue weighted by Crippen LogP contribution is 2.45. The predicted molar refractivity (Wildman–Crippen MR) is 107 cm³/mol. The van der Waals surface area contributed by atoms with E-state index in [9.17, 15) is 9.59 Å². The van der Waals surface area contributed by atoms with Crippen molar-refractivity contribution in [1.29, 1.82) is 0 Å². The summed E-state index contributed by atoms with van der Waals surface area (Å²) >= 11 is 1.30. The Morgan fingerprint density at radius 1 is 1.00 bits per heavy atom. The summed E-state index contributed by atoms with van der Waals surface area (Å²) in [5, 5.41) is 4.96. The van der Waals surface area contributed by atoms with Gasteiger partial charge in [0, 0.05) is 23.0 Å². The standard InChI is InChI=1S/C21H18N2O2S/c1-21(20(25)23(2)17-12-5-6-13-18(17)26-21)19(24)22-16-11-7-9-14-8-3-4-10-15(14)16/h3-13H,1-2H3,(H,22,24). The van der Waals surface area contributed by atoms with Gasteiger partial charge in [-0.1, -0.05) is 60.3 Å². The van der Waals surface area contributed by atoms with Crippen molar-refractivity contribution in [2.24, 2.45) is 0 Å². The molecule has 1 N–H and O–H groups in total. The zero-order chi connectivity index (χ0) is 18.3. The second kappa shape index (κ2) is 6.18. The van der Waals surface area contributed by atoms with Crippen LogP contribution in [0.2, 0.25) is 0 Å². The molecule has 1 unspecified atom stereocenters. The molecule has 0 fully saturated rings. The Bertz CT molecular complexity index is 1030. The first-order valence-corrected chi connectivity index (χ1v) is 9.18. The van der Waals surface area contributed by atoms with Gasteiger partial charge in [-0.2, -0.15) is 0 Å². The largest absolute Gasteiger partial charge is 0.324 e. The molecule has 0 spiro atoms. The highest BCUT2D eigenvalue weighted by molar-refractivity contribution is 8.02. The molecule has 0 saturated heterocycles. The summed E-state index contributed by atoms with van der Waals surface area (Å²) in [6.07, 6.45) is 0. The Morgan fingerprint density at radius 2 is 1.69 bits per heavy atom. The molecule has 0 saturated carbocycles. The monoisotopic (exact) mass is 362 g/mol. The maximum absolute atomic E-state index is 13.1. The first kappa shape index (κ1) is 16.7. The quantitative estimate of drug-likeness (QED) is 0.691. The number of fused-ring (bicyclic) bond motifs is 2. The van der Waals surface area contributed by atoms with Crippen LogP contribution in [0.15, 0.2) is 71.6 Å². The van der Waals surface area contributed by atoms with Crippen molar-refractivity contribution < 1.29 is 9.59 Å². The molecule has 26 heavy (non-hydrogen) atoms. The Labute approximate surface area is 156 Å². The number of hydrogen-bond donors (Lipinski definition) is 1. The predicted octanol–water partition coefficient (Wildman–Crippen LogP) is 4.31. The SMILES string of the molecule is CN1C(=O)C(C)(C(=O)Nc2cccc3ccccc23)Sc2ccccc21. The molecule has 3 aromatic carbocycles. The number of benzene rings is 3. The van der Waals surface area contributed by atoms with Gasteiger partial charge in [-0.15, -0.1) is 0 Å². The molecule has 0 aliphatic carbocycles. The second-order valence-electron chi connectivity index (χ2n) is 6.45. The Balaban J connectivity index is 1.70. The zero-order valence-electron chi connectivity index (χ0n) is 14.5. The van der Waals surface area contributed by atoms with Gasteiger partial charge in [0.05, 0.1) is 5.69 Å². The van der Waals surface area contributed by atoms with Gasteiger partial charge in [-0.25, -0.2) is 0 Å². The van der Waals surface area contributed by atoms with Crippen molar-refractivity contribution in [2.45, 2.75) is 16.6 Å². The number of carbonyl (C=O) groups excluding carboxylic acids is 2. The number of thioether (sulfide) groups is 1. The lowest BCUT2D eigenvalue weighted by Crippen LogP contribution is -2.53. The highest BCUT2D eigenvalue weighted by Gasteiger charge is 2.48. The van der Waals surface area contributed by atoms with Crippen LogP contribution in [-0.4, -0.2) is 23.6 Å². The summed E-state index contributed by atoms with van der Waals surface area (Å²) in [6, 6.07) is 21.2. The number of carbonyl (C=O) groups is 2. The molecule has 1 atom stereocenters. The van der Waals surface area contributed by atoms with E-state index >= 15 is 0 Å². The Kier molecular flexibility index (Phi) is 3.96. The maximum Gasteiger partial charge on any atom is 0.252 e. The highest BCUT2D eigenvalue weighted by atomic mass is 32.2. The van der Waals surface area contributed by atoms with Crippen LogP contribution in [0, 0.1) is 0 Å². The van der Waals surface area contributed by atoms with Crippen molar-refractivity contribution in [1.82, 2.24) is 0 Å². The van der Waals surface area contributed by atoms with E-state index in [2.05, 4.69) is 5.32 Å². The molecule has 2 amide bonds. The molecule has 5 heteroatoms. The van der Waals surface area contributed by atoms with Crippen molar-refractivity contribution >= 4 is 45.7 Å². The second-order valence-corrected chi connectivity index (χ2v) is 7.91. The number of anilines is 2. The Hall–Kier alpha value is -2.79. The minimum atomic E-state index is -1.22. The average Bonchev–Trinajstić information content (AvgIpc) is 2.66. The molecule has 0 bridgehead atoms. The van der Waals surface area contributed by atoms with Crippen molar-refractivity contribution in [2.75, 3.05) is 17.3 Å². The van der Waals surface area contributed by atoms with E-state index in [1.54, 1.807) is 18.9 Å². The minimum absolute atomic E-state index is 0.223. The number of para-hydroxylation sites is 1. The van der Waals surface area contributed by atoms with Crippen molar-refractivity contribution in [3.8, 4) is 0 Å². The third-order valence-corrected chi connectivity index (χ3v) is 6.06. The molecule has 4 nitrogen and oxygen atoms in total. The van der Waals surface area contributed by atoms with Gasteiger partial charge in [0.1, 0.15) is 0 Å². The minimum Gasteiger partial charge on any atom is -0.324 e. The lowest BCUT2D eigenvalue weighted by Gasteiger charge is -2.37. The van der Waals surface area contributed by atoms with E-state index in [4.69, 9.17) is 0 Å². The van der Waals surface area contributed by atoms with Gasteiger partial charge in [0.25, 0.3) is 5.91 Å². The summed E-state index contributed by atoms with van der Waals surface area (Å²) in [5.41, 5.74) is 1.54. The van der Waals surface area contributed by atoms with Gasteiger partial charge >= 0.3 is 0 Å². The average molecular weight is 362 g/mol. The van der Waals surface area contributed by atoms with Crippen LogP contribution < -0.4 is 10.2 Å². The topological polar surface area (TPSA) is 49.4 Å². The number of rotatable bonds is 2. The van der Waals surface area contributed by atoms with Crippen LogP contribution >= 0.6 is 11.8 Å². The molecule has 0 radical (unpaired) electrons. The molecule has 1 aliphatic rings. The third-order valence-electron chi connectivity index (χ3n) is 4.72. The normalized spacial score (nSPS) is 19.3. The lowest BCUT2D eigenvalue weighted by molar-refractivity contribution is -0.128. The molecule has 4 rings (SSSR count). The van der Waals surface area contributed by atoms with Crippen molar-refractivity contribution in [3.05, 3.63) is 66.7 Å². The van der Waals surface area contributed by atoms with E-state index in [0.29, 0.717) is 5.69 Å². The molecule has 130 valence electrons. The van der Waals surface area contributed by atoms with Crippen LogP contribution in [-0.2, 0) is 9.59 Å². The molecule has 0 aromatic heterocycles. The van der Waals surface area contributed by atoms with Crippen LogP contribution in [0.4, 0.5) is 11.4 Å². The number of amides is 2. The lowest BCUT2D eigenvalue weighted by atomic mass is 10.1. The van der Waals surface area contributed by atoms with Gasteiger partial charge in [-0.3, -0.25) is 9.59 Å². The van der Waals surface area contributed by atoms with Crippen LogP contribution in [0.3, 0.4) is 0 Å². The fourth-order valence-electron chi connectivity index (χ4n) is 3.23. The smallest absolute Gasteiger partial charge is 0.252 e.